The summed E-state index contributed by atoms with van der Waals surface area (Å²) < 4.78 is 1.74. The van der Waals surface area contributed by atoms with E-state index in [1.807, 2.05) is 7.05 Å². The predicted molar refractivity (Wildman–Crippen MR) is 69.6 cm³/mol. The number of rotatable bonds is 3. The molecule has 19 heavy (non-hydrogen) atoms. The maximum atomic E-state index is 12.0. The Labute approximate surface area is 115 Å². The molecule has 0 spiro atoms. The molecule has 0 bridgehead atoms. The smallest absolute Gasteiger partial charge is 0.233 e. The number of aromatic nitrogens is 3. The number of hydrogen-bond donors (Lipinski definition) is 2. The number of aliphatic hydroxyl groups excluding tert-OH is 1. The van der Waals surface area contributed by atoms with Crippen molar-refractivity contribution < 1.29 is 15.0 Å². The fourth-order valence-electron chi connectivity index (χ4n) is 1.87. The van der Waals surface area contributed by atoms with Gasteiger partial charge in [-0.05, 0) is 13.3 Å². The number of hydrogen-bond acceptors (Lipinski definition) is 6. The van der Waals surface area contributed by atoms with Crippen LogP contribution in [0.4, 0.5) is 0 Å². The lowest BCUT2D eigenvalue weighted by Gasteiger charge is -2.39. The molecule has 0 unspecified atom stereocenters. The third-order valence-corrected chi connectivity index (χ3v) is 4.37. The second-order valence-electron chi connectivity index (χ2n) is 4.98. The van der Waals surface area contributed by atoms with E-state index in [4.69, 9.17) is 0 Å². The molecule has 1 saturated heterocycles. The van der Waals surface area contributed by atoms with E-state index in [2.05, 4.69) is 10.2 Å². The van der Waals surface area contributed by atoms with Gasteiger partial charge in [0.1, 0.15) is 6.33 Å². The molecular weight excluding hydrogens is 268 g/mol. The lowest BCUT2D eigenvalue weighted by atomic mass is 9.91. The Hall–Kier alpha value is -1.12. The van der Waals surface area contributed by atoms with Gasteiger partial charge in [-0.3, -0.25) is 4.79 Å². The highest BCUT2D eigenvalue weighted by Crippen LogP contribution is 2.23. The molecule has 2 heterocycles. The zero-order valence-corrected chi connectivity index (χ0v) is 11.8. The van der Waals surface area contributed by atoms with Crippen LogP contribution in [0.25, 0.3) is 0 Å². The maximum Gasteiger partial charge on any atom is 0.233 e. The first kappa shape index (κ1) is 14.3. The minimum Gasteiger partial charge on any atom is -0.388 e. The molecule has 1 aliphatic rings. The summed E-state index contributed by atoms with van der Waals surface area (Å²) in [4.78, 5) is 13.6. The number of thioether (sulfide) groups is 1. The molecule has 0 saturated carbocycles. The highest BCUT2D eigenvalue weighted by Gasteiger charge is 2.37. The number of amides is 1. The molecule has 2 N–H and O–H groups in total. The number of aliphatic hydroxyl groups is 2. The van der Waals surface area contributed by atoms with Crippen LogP contribution < -0.4 is 0 Å². The van der Waals surface area contributed by atoms with E-state index in [1.165, 1.54) is 11.8 Å². The van der Waals surface area contributed by atoms with Crippen molar-refractivity contribution in [3.63, 3.8) is 0 Å². The quantitative estimate of drug-likeness (QED) is 0.711. The van der Waals surface area contributed by atoms with Crippen LogP contribution in [0, 0.1) is 0 Å². The standard InChI is InChI=1S/C11H18N4O3S/c1-11(18)3-4-15(5-8(11)16)9(17)6-19-10-13-12-7-14(10)2/h7-8,16,18H,3-6H2,1-2H3/t8-,11-/m1/s1. The molecule has 0 aromatic carbocycles. The van der Waals surface area contributed by atoms with Gasteiger partial charge in [0.05, 0.1) is 17.5 Å². The van der Waals surface area contributed by atoms with Gasteiger partial charge in [-0.2, -0.15) is 0 Å². The van der Waals surface area contributed by atoms with Gasteiger partial charge < -0.3 is 19.7 Å². The Morgan fingerprint density at radius 2 is 2.42 bits per heavy atom. The summed E-state index contributed by atoms with van der Waals surface area (Å²) >= 11 is 1.31. The third-order valence-electron chi connectivity index (χ3n) is 3.35. The summed E-state index contributed by atoms with van der Waals surface area (Å²) in [6.07, 6.45) is 1.06. The zero-order valence-electron chi connectivity index (χ0n) is 11.0. The van der Waals surface area contributed by atoms with Crippen LogP contribution in [0.3, 0.4) is 0 Å². The van der Waals surface area contributed by atoms with Gasteiger partial charge in [0.25, 0.3) is 0 Å². The molecular formula is C11H18N4O3S. The van der Waals surface area contributed by atoms with Crippen LogP contribution in [-0.4, -0.2) is 66.3 Å². The van der Waals surface area contributed by atoms with Crippen LogP contribution in [0.15, 0.2) is 11.5 Å². The van der Waals surface area contributed by atoms with Crippen molar-refractivity contribution in [1.82, 2.24) is 19.7 Å². The highest BCUT2D eigenvalue weighted by atomic mass is 32.2. The van der Waals surface area contributed by atoms with Gasteiger partial charge in [-0.1, -0.05) is 11.8 Å². The van der Waals surface area contributed by atoms with Crippen molar-refractivity contribution in [2.75, 3.05) is 18.8 Å². The van der Waals surface area contributed by atoms with Gasteiger partial charge in [0.2, 0.25) is 5.91 Å². The molecule has 2 rings (SSSR count). The molecule has 1 amide bonds. The number of aryl methyl sites for hydroxylation is 1. The Morgan fingerprint density at radius 1 is 1.68 bits per heavy atom. The summed E-state index contributed by atoms with van der Waals surface area (Å²) in [7, 11) is 1.81. The lowest BCUT2D eigenvalue weighted by molar-refractivity contribution is -0.143. The first-order chi connectivity index (χ1) is 8.90. The van der Waals surface area contributed by atoms with Crippen LogP contribution >= 0.6 is 11.8 Å². The van der Waals surface area contributed by atoms with Crippen LogP contribution in [0.1, 0.15) is 13.3 Å². The van der Waals surface area contributed by atoms with Crippen LogP contribution in [0.2, 0.25) is 0 Å². The number of carbonyl (C=O) groups is 1. The van der Waals surface area contributed by atoms with Crippen LogP contribution in [0.5, 0.6) is 0 Å². The van der Waals surface area contributed by atoms with Crippen LogP contribution in [-0.2, 0) is 11.8 Å². The van der Waals surface area contributed by atoms with Crippen molar-refractivity contribution in [3.05, 3.63) is 6.33 Å². The highest BCUT2D eigenvalue weighted by molar-refractivity contribution is 7.99. The summed E-state index contributed by atoms with van der Waals surface area (Å²) in [5, 5.41) is 27.9. The SMILES string of the molecule is Cn1cnnc1SCC(=O)N1CC[C@@](C)(O)[C@H](O)C1. The summed E-state index contributed by atoms with van der Waals surface area (Å²) in [5.41, 5.74) is -1.10. The van der Waals surface area contributed by atoms with Crippen molar-refractivity contribution >= 4 is 17.7 Å². The number of β-amino-alcohol motifs (C(OH)–C–C–N with tert-alkyl or cyclic N) is 1. The molecule has 2 atom stereocenters. The Balaban J connectivity index is 1.86. The first-order valence-corrected chi connectivity index (χ1v) is 7.04. The van der Waals surface area contributed by atoms with Gasteiger partial charge >= 0.3 is 0 Å². The van der Waals surface area contributed by atoms with Crippen molar-refractivity contribution in [1.29, 1.82) is 0 Å². The monoisotopic (exact) mass is 286 g/mol. The normalized spacial score (nSPS) is 27.6. The molecule has 1 fully saturated rings. The third kappa shape index (κ3) is 3.26. The topological polar surface area (TPSA) is 91.5 Å². The molecule has 0 aliphatic carbocycles. The van der Waals surface area contributed by atoms with E-state index in [0.717, 1.165) is 0 Å². The van der Waals surface area contributed by atoms with E-state index >= 15 is 0 Å². The first-order valence-electron chi connectivity index (χ1n) is 6.05. The van der Waals surface area contributed by atoms with E-state index in [0.29, 0.717) is 18.1 Å². The minimum absolute atomic E-state index is 0.0671. The molecule has 7 nitrogen and oxygen atoms in total. The molecule has 1 aromatic rings. The van der Waals surface area contributed by atoms with Crippen molar-refractivity contribution in [2.45, 2.75) is 30.2 Å². The minimum atomic E-state index is -1.10. The average Bonchev–Trinajstić information content (AvgIpc) is 2.75. The second kappa shape index (κ2) is 5.48. The Bertz CT molecular complexity index is 463. The number of piperidine rings is 1. The fraction of sp³-hybridized carbons (Fsp3) is 0.727. The van der Waals surface area contributed by atoms with Gasteiger partial charge in [0.15, 0.2) is 5.16 Å². The van der Waals surface area contributed by atoms with E-state index < -0.39 is 11.7 Å². The Morgan fingerprint density at radius 3 is 3.00 bits per heavy atom. The number of carbonyl (C=O) groups excluding carboxylic acids is 1. The molecule has 1 aromatic heterocycles. The fourth-order valence-corrected chi connectivity index (χ4v) is 2.66. The zero-order chi connectivity index (χ0) is 14.0. The second-order valence-corrected chi connectivity index (χ2v) is 5.92. The maximum absolute atomic E-state index is 12.0. The molecule has 1 aliphatic heterocycles. The lowest BCUT2D eigenvalue weighted by Crippen LogP contribution is -2.55. The predicted octanol–water partition coefficient (Wildman–Crippen LogP) is -0.749. The molecule has 0 radical (unpaired) electrons. The Kier molecular flexibility index (Phi) is 4.12. The van der Waals surface area contributed by atoms with E-state index in [-0.39, 0.29) is 18.2 Å². The average molecular weight is 286 g/mol. The molecule has 106 valence electrons. The summed E-state index contributed by atoms with van der Waals surface area (Å²) in [5.74, 6) is 0.184. The summed E-state index contributed by atoms with van der Waals surface area (Å²) in [6, 6.07) is 0. The summed E-state index contributed by atoms with van der Waals surface area (Å²) in [6.45, 7) is 2.22. The number of nitrogens with zero attached hydrogens (tertiary/aromatic N) is 4. The number of likely N-dealkylation sites (tertiary alicyclic amines) is 1. The van der Waals surface area contributed by atoms with Gasteiger partial charge in [-0.25, -0.2) is 0 Å². The van der Waals surface area contributed by atoms with Gasteiger partial charge in [-0.15, -0.1) is 10.2 Å². The van der Waals surface area contributed by atoms with E-state index in [9.17, 15) is 15.0 Å². The van der Waals surface area contributed by atoms with Crippen molar-refractivity contribution in [2.24, 2.45) is 7.05 Å². The molecule has 8 heteroatoms. The van der Waals surface area contributed by atoms with Crippen molar-refractivity contribution in [3.8, 4) is 0 Å². The largest absolute Gasteiger partial charge is 0.388 e. The van der Waals surface area contributed by atoms with E-state index in [1.54, 1.807) is 22.7 Å². The van der Waals surface area contributed by atoms with Gasteiger partial charge in [0, 0.05) is 20.1 Å².